The molecule has 1 rings (SSSR count). The van der Waals surface area contributed by atoms with Gasteiger partial charge in [0.15, 0.2) is 11.5 Å². The summed E-state index contributed by atoms with van der Waals surface area (Å²) in [5, 5.41) is 30.1. The Balaban J connectivity index is 2.48. The Hall–Kier alpha value is -1.30. The van der Waals surface area contributed by atoms with E-state index in [1.165, 1.54) is 7.11 Å². The Labute approximate surface area is 94.3 Å². The molecule has 4 N–H and O–H groups in total. The SMILES string of the molecule is COc1cc(CNC[C@@H](O)CO)ccc1O. The van der Waals surface area contributed by atoms with Gasteiger partial charge in [-0.3, -0.25) is 0 Å². The minimum absolute atomic E-state index is 0.0987. The molecule has 5 heteroatoms. The van der Waals surface area contributed by atoms with Gasteiger partial charge in [-0.2, -0.15) is 0 Å². The van der Waals surface area contributed by atoms with Crippen LogP contribution in [0.5, 0.6) is 11.5 Å². The summed E-state index contributed by atoms with van der Waals surface area (Å²) in [6.45, 7) is 0.597. The lowest BCUT2D eigenvalue weighted by molar-refractivity contribution is 0.0942. The molecular formula is C11H17NO4. The van der Waals surface area contributed by atoms with E-state index in [4.69, 9.17) is 14.9 Å². The fraction of sp³-hybridized carbons (Fsp3) is 0.455. The Morgan fingerprint density at radius 1 is 1.44 bits per heavy atom. The number of rotatable bonds is 6. The van der Waals surface area contributed by atoms with E-state index in [1.54, 1.807) is 18.2 Å². The van der Waals surface area contributed by atoms with Crippen LogP contribution in [0.4, 0.5) is 0 Å². The molecule has 0 aromatic heterocycles. The van der Waals surface area contributed by atoms with Crippen molar-refractivity contribution < 1.29 is 20.1 Å². The first-order valence-corrected chi connectivity index (χ1v) is 5.03. The third-order valence-corrected chi connectivity index (χ3v) is 2.16. The van der Waals surface area contributed by atoms with Crippen molar-refractivity contribution in [1.29, 1.82) is 0 Å². The molecule has 0 bridgehead atoms. The smallest absolute Gasteiger partial charge is 0.160 e. The average Bonchev–Trinajstić information content (AvgIpc) is 2.31. The number of hydrogen-bond acceptors (Lipinski definition) is 5. The third kappa shape index (κ3) is 3.69. The van der Waals surface area contributed by atoms with Crippen molar-refractivity contribution in [3.63, 3.8) is 0 Å². The molecule has 0 aliphatic heterocycles. The van der Waals surface area contributed by atoms with E-state index in [0.717, 1.165) is 5.56 Å². The fourth-order valence-electron chi connectivity index (χ4n) is 1.28. The van der Waals surface area contributed by atoms with Crippen LogP contribution in [0.3, 0.4) is 0 Å². The minimum atomic E-state index is -0.751. The van der Waals surface area contributed by atoms with Gasteiger partial charge in [0, 0.05) is 13.1 Å². The highest BCUT2D eigenvalue weighted by Gasteiger charge is 2.04. The van der Waals surface area contributed by atoms with E-state index in [1.807, 2.05) is 0 Å². The van der Waals surface area contributed by atoms with Crippen LogP contribution in [-0.4, -0.2) is 41.7 Å². The first-order valence-electron chi connectivity index (χ1n) is 5.03. The molecule has 0 saturated heterocycles. The van der Waals surface area contributed by atoms with Crippen molar-refractivity contribution in [2.75, 3.05) is 20.3 Å². The van der Waals surface area contributed by atoms with Gasteiger partial charge in [0.2, 0.25) is 0 Å². The number of hydrogen-bond donors (Lipinski definition) is 4. The van der Waals surface area contributed by atoms with Crippen LogP contribution in [0.1, 0.15) is 5.56 Å². The summed E-state index contributed by atoms with van der Waals surface area (Å²) in [5.74, 6) is 0.517. The maximum absolute atomic E-state index is 9.37. The standard InChI is InChI=1S/C11H17NO4/c1-16-11-4-8(2-3-10(11)15)5-12-6-9(14)7-13/h2-4,9,12-15H,5-7H2,1H3/t9-/m1/s1. The van der Waals surface area contributed by atoms with Crippen LogP contribution in [0.25, 0.3) is 0 Å². The number of ether oxygens (including phenoxy) is 1. The molecule has 1 aromatic carbocycles. The largest absolute Gasteiger partial charge is 0.504 e. The van der Waals surface area contributed by atoms with Crippen molar-refractivity contribution in [2.45, 2.75) is 12.6 Å². The molecule has 0 unspecified atom stereocenters. The topological polar surface area (TPSA) is 82.0 Å². The molecule has 0 spiro atoms. The number of nitrogens with one attached hydrogen (secondary N) is 1. The Kier molecular flexibility index (Phi) is 5.04. The molecule has 90 valence electrons. The lowest BCUT2D eigenvalue weighted by Gasteiger charge is -2.10. The molecule has 5 nitrogen and oxygen atoms in total. The molecule has 0 saturated carbocycles. The minimum Gasteiger partial charge on any atom is -0.504 e. The first kappa shape index (κ1) is 12.8. The molecule has 0 amide bonds. The summed E-state index contributed by atoms with van der Waals surface area (Å²) in [6, 6.07) is 5.03. The van der Waals surface area contributed by atoms with Crippen LogP contribution in [0.2, 0.25) is 0 Å². The summed E-state index contributed by atoms with van der Waals surface area (Å²) >= 11 is 0. The van der Waals surface area contributed by atoms with Crippen molar-refractivity contribution in [2.24, 2.45) is 0 Å². The number of aromatic hydroxyl groups is 1. The van der Waals surface area contributed by atoms with E-state index in [2.05, 4.69) is 5.32 Å². The van der Waals surface area contributed by atoms with E-state index < -0.39 is 6.10 Å². The van der Waals surface area contributed by atoms with Crippen molar-refractivity contribution in [3.05, 3.63) is 23.8 Å². The van der Waals surface area contributed by atoms with Crippen LogP contribution >= 0.6 is 0 Å². The van der Waals surface area contributed by atoms with Gasteiger partial charge in [0.05, 0.1) is 19.8 Å². The second kappa shape index (κ2) is 6.32. The molecule has 1 atom stereocenters. The van der Waals surface area contributed by atoms with E-state index in [-0.39, 0.29) is 12.4 Å². The van der Waals surface area contributed by atoms with Crippen LogP contribution in [0, 0.1) is 0 Å². The molecule has 16 heavy (non-hydrogen) atoms. The molecule has 0 aliphatic carbocycles. The highest BCUT2D eigenvalue weighted by atomic mass is 16.5. The van der Waals surface area contributed by atoms with E-state index in [9.17, 15) is 5.11 Å². The number of methoxy groups -OCH3 is 1. The fourth-order valence-corrected chi connectivity index (χ4v) is 1.28. The normalized spacial score (nSPS) is 12.4. The summed E-state index contributed by atoms with van der Waals surface area (Å²) in [6.07, 6.45) is -0.751. The summed E-state index contributed by atoms with van der Waals surface area (Å²) in [7, 11) is 1.49. The van der Waals surface area contributed by atoms with Gasteiger partial charge in [-0.15, -0.1) is 0 Å². The number of aliphatic hydroxyl groups is 2. The quantitative estimate of drug-likeness (QED) is 0.543. The Morgan fingerprint density at radius 3 is 2.81 bits per heavy atom. The van der Waals surface area contributed by atoms with Crippen LogP contribution in [0.15, 0.2) is 18.2 Å². The first-order chi connectivity index (χ1) is 7.67. The molecule has 0 radical (unpaired) electrons. The summed E-state index contributed by atoms with van der Waals surface area (Å²) < 4.78 is 4.97. The van der Waals surface area contributed by atoms with Gasteiger partial charge >= 0.3 is 0 Å². The van der Waals surface area contributed by atoms with E-state index in [0.29, 0.717) is 18.8 Å². The number of phenols is 1. The average molecular weight is 227 g/mol. The lowest BCUT2D eigenvalue weighted by Crippen LogP contribution is -2.28. The second-order valence-corrected chi connectivity index (χ2v) is 3.47. The van der Waals surface area contributed by atoms with Crippen molar-refractivity contribution >= 4 is 0 Å². The van der Waals surface area contributed by atoms with E-state index >= 15 is 0 Å². The highest BCUT2D eigenvalue weighted by Crippen LogP contribution is 2.25. The summed E-state index contributed by atoms with van der Waals surface area (Å²) in [4.78, 5) is 0. The highest BCUT2D eigenvalue weighted by molar-refractivity contribution is 5.41. The van der Waals surface area contributed by atoms with Crippen LogP contribution in [-0.2, 0) is 6.54 Å². The third-order valence-electron chi connectivity index (χ3n) is 2.16. The zero-order valence-corrected chi connectivity index (χ0v) is 9.18. The van der Waals surface area contributed by atoms with Gasteiger partial charge in [-0.1, -0.05) is 6.07 Å². The predicted octanol–water partition coefficient (Wildman–Crippen LogP) is -0.156. The zero-order chi connectivity index (χ0) is 12.0. The molecule has 0 heterocycles. The molecule has 1 aromatic rings. The Morgan fingerprint density at radius 2 is 2.19 bits per heavy atom. The van der Waals surface area contributed by atoms with Gasteiger partial charge in [0.25, 0.3) is 0 Å². The lowest BCUT2D eigenvalue weighted by atomic mass is 10.2. The van der Waals surface area contributed by atoms with Gasteiger partial charge < -0.3 is 25.4 Å². The van der Waals surface area contributed by atoms with Gasteiger partial charge in [-0.05, 0) is 17.7 Å². The maximum Gasteiger partial charge on any atom is 0.160 e. The number of benzene rings is 1. The van der Waals surface area contributed by atoms with Crippen LogP contribution < -0.4 is 10.1 Å². The second-order valence-electron chi connectivity index (χ2n) is 3.47. The van der Waals surface area contributed by atoms with Gasteiger partial charge in [-0.25, -0.2) is 0 Å². The molecule has 0 fully saturated rings. The number of phenolic OH excluding ortho intramolecular Hbond substituents is 1. The summed E-state index contributed by atoms with van der Waals surface area (Å²) in [5.41, 5.74) is 0.930. The maximum atomic E-state index is 9.37. The Bertz CT molecular complexity index is 330. The van der Waals surface area contributed by atoms with Crippen molar-refractivity contribution in [3.8, 4) is 11.5 Å². The van der Waals surface area contributed by atoms with Crippen molar-refractivity contribution in [1.82, 2.24) is 5.32 Å². The monoisotopic (exact) mass is 227 g/mol. The predicted molar refractivity (Wildman–Crippen MR) is 59.5 cm³/mol. The molecule has 0 aliphatic rings. The zero-order valence-electron chi connectivity index (χ0n) is 9.18. The number of aliphatic hydroxyl groups excluding tert-OH is 2. The molecular weight excluding hydrogens is 210 g/mol. The van der Waals surface area contributed by atoms with Gasteiger partial charge in [0.1, 0.15) is 0 Å².